The first kappa shape index (κ1) is 40.8. The van der Waals surface area contributed by atoms with Crippen molar-refractivity contribution in [3.05, 3.63) is 225 Å². The quantitative estimate of drug-likeness (QED) is 0.0988. The number of nitrogens with one attached hydrogen (secondary N) is 1. The topological polar surface area (TPSA) is 68.7 Å². The predicted octanol–water partition coefficient (Wildman–Crippen LogP) is 12.9. The summed E-state index contributed by atoms with van der Waals surface area (Å²) in [6, 6.07) is 68.5. The fourth-order valence-electron chi connectivity index (χ4n) is 7.74. The molecule has 9 rings (SSSR count). The Labute approximate surface area is 372 Å². The number of para-hydroxylation sites is 7. The summed E-state index contributed by atoms with van der Waals surface area (Å²) in [7, 11) is 0. The van der Waals surface area contributed by atoms with Crippen molar-refractivity contribution in [1.29, 1.82) is 0 Å². The van der Waals surface area contributed by atoms with Gasteiger partial charge in [0.05, 0.1) is 11.4 Å². The molecule has 8 aromatic rings. The van der Waals surface area contributed by atoms with Gasteiger partial charge in [0.2, 0.25) is 0 Å². The maximum absolute atomic E-state index is 11.8. The van der Waals surface area contributed by atoms with Crippen LogP contribution in [0, 0.1) is 20.3 Å². The maximum atomic E-state index is 11.8. The molecule has 0 saturated carbocycles. The van der Waals surface area contributed by atoms with Gasteiger partial charge in [0.1, 0.15) is 11.5 Å². The Kier molecular flexibility index (Phi) is 12.4. The van der Waals surface area contributed by atoms with Crippen molar-refractivity contribution in [2.75, 3.05) is 31.2 Å². The second-order valence-corrected chi connectivity index (χ2v) is 14.5. The third-order valence-corrected chi connectivity index (χ3v) is 10.6. The van der Waals surface area contributed by atoms with Crippen LogP contribution in [-0.4, -0.2) is 16.9 Å². The molecule has 1 aliphatic rings. The molecule has 0 aromatic heterocycles. The van der Waals surface area contributed by atoms with Crippen LogP contribution in [0.25, 0.3) is 0 Å². The molecule has 0 saturated heterocycles. The fourth-order valence-corrected chi connectivity index (χ4v) is 7.74. The van der Waals surface area contributed by atoms with Gasteiger partial charge >= 0.3 is 21.1 Å². The number of fused-ring (bicyclic) bond motifs is 1. The molecule has 0 fully saturated rings. The second kappa shape index (κ2) is 18.5. The zero-order valence-corrected chi connectivity index (χ0v) is 35.7. The van der Waals surface area contributed by atoms with Crippen LogP contribution in [0.4, 0.5) is 62.6 Å². The zero-order valence-electron chi connectivity index (χ0n) is 33.4. The van der Waals surface area contributed by atoms with Gasteiger partial charge in [-0.3, -0.25) is 0 Å². The number of phenolic OH excluding ortho intramolecular Hbond substituents is 2. The van der Waals surface area contributed by atoms with Gasteiger partial charge in [-0.25, -0.2) is 0 Å². The summed E-state index contributed by atoms with van der Waals surface area (Å²) in [6.45, 7) is 6.36. The van der Waals surface area contributed by atoms with Crippen molar-refractivity contribution in [3.8, 4) is 11.5 Å². The van der Waals surface area contributed by atoms with Crippen LogP contribution in [-0.2, 0) is 21.1 Å². The standard InChI is InChI=1S/C52H44N6O2.Pt/c1-39-18-14-15-27-46(39)55(49-32-30-44(34-51(49)59)57(40-19-6-2-7-20-40)41-21-8-3-9-22-41)37-53-36-54-38-56(48-29-17-16-28-47(48)54)50-33-31-45(35-52(50)60)58(42-23-10-4-11-24-42)43-25-12-5-13-26-43;/h2-35,37-38,53,59-60H,36H2,1H3;/q-2;+2. The molecular formula is C52H44N6O2Pt. The molecule has 0 atom stereocenters. The van der Waals surface area contributed by atoms with Crippen molar-refractivity contribution >= 4 is 62.6 Å². The third-order valence-electron chi connectivity index (χ3n) is 10.6. The van der Waals surface area contributed by atoms with Crippen molar-refractivity contribution in [2.45, 2.75) is 6.92 Å². The first-order valence-corrected chi connectivity index (χ1v) is 19.9. The molecule has 1 aliphatic heterocycles. The van der Waals surface area contributed by atoms with Gasteiger partial charge in [-0.1, -0.05) is 103 Å². The fraction of sp³-hybridized carbons (Fsp3) is 0.0385. The predicted molar refractivity (Wildman–Crippen MR) is 247 cm³/mol. The molecule has 304 valence electrons. The van der Waals surface area contributed by atoms with E-state index < -0.39 is 0 Å². The smallest absolute Gasteiger partial charge is 0.506 e. The number of phenols is 2. The van der Waals surface area contributed by atoms with Gasteiger partial charge < -0.3 is 40.0 Å². The summed E-state index contributed by atoms with van der Waals surface area (Å²) in [5, 5.41) is 27.0. The number of rotatable bonds is 13. The van der Waals surface area contributed by atoms with E-state index in [1.807, 2.05) is 163 Å². The Balaban J connectivity index is 0.00000514. The van der Waals surface area contributed by atoms with E-state index in [4.69, 9.17) is 0 Å². The number of hydrogen-bond donors (Lipinski definition) is 3. The molecule has 8 nitrogen and oxygen atoms in total. The molecule has 8 aromatic carbocycles. The minimum Gasteiger partial charge on any atom is -0.506 e. The minimum atomic E-state index is 0. The molecule has 3 N–H and O–H groups in total. The molecule has 1 heterocycles. The Morgan fingerprint density at radius 2 is 0.934 bits per heavy atom. The molecule has 61 heavy (non-hydrogen) atoms. The van der Waals surface area contributed by atoms with Crippen LogP contribution >= 0.6 is 0 Å². The average molecular weight is 980 g/mol. The molecule has 0 amide bonds. The van der Waals surface area contributed by atoms with Crippen molar-refractivity contribution < 1.29 is 31.3 Å². The molecule has 0 unspecified atom stereocenters. The Morgan fingerprint density at radius 1 is 0.475 bits per heavy atom. The number of nitrogens with zero attached hydrogens (tertiary/aromatic N) is 5. The van der Waals surface area contributed by atoms with E-state index in [0.717, 1.165) is 56.7 Å². The summed E-state index contributed by atoms with van der Waals surface area (Å²) in [5.41, 5.74) is 10.8. The van der Waals surface area contributed by atoms with Crippen molar-refractivity contribution in [3.63, 3.8) is 0 Å². The van der Waals surface area contributed by atoms with Crippen LogP contribution in [0.2, 0.25) is 0 Å². The third kappa shape index (κ3) is 8.55. The Hall–Kier alpha value is -6.99. The van der Waals surface area contributed by atoms with Gasteiger partial charge in [-0.15, -0.1) is 6.67 Å². The molecule has 0 aliphatic carbocycles. The van der Waals surface area contributed by atoms with Gasteiger partial charge in [0, 0.05) is 70.0 Å². The van der Waals surface area contributed by atoms with Crippen LogP contribution in [0.1, 0.15) is 5.56 Å². The number of aromatic hydroxyl groups is 2. The molecular weight excluding hydrogens is 936 g/mol. The van der Waals surface area contributed by atoms with E-state index in [2.05, 4.69) is 93.7 Å². The molecule has 0 bridgehead atoms. The van der Waals surface area contributed by atoms with Crippen LogP contribution in [0.3, 0.4) is 0 Å². The monoisotopic (exact) mass is 979 g/mol. The van der Waals surface area contributed by atoms with Crippen LogP contribution in [0.5, 0.6) is 11.5 Å². The summed E-state index contributed by atoms with van der Waals surface area (Å²) in [4.78, 5) is 10.4. The maximum Gasteiger partial charge on any atom is 2.00 e. The minimum absolute atomic E-state index is 0. The average Bonchev–Trinajstić information content (AvgIpc) is 3.65. The van der Waals surface area contributed by atoms with Gasteiger partial charge in [-0.05, 0) is 103 Å². The Morgan fingerprint density at radius 3 is 1.44 bits per heavy atom. The van der Waals surface area contributed by atoms with Crippen LogP contribution < -0.4 is 29.8 Å². The number of benzene rings is 8. The van der Waals surface area contributed by atoms with E-state index >= 15 is 0 Å². The van der Waals surface area contributed by atoms with E-state index in [0.29, 0.717) is 18.0 Å². The number of aryl methyl sites for hydroxylation is 1. The number of hydrogen-bond acceptors (Lipinski definition) is 8. The van der Waals surface area contributed by atoms with Gasteiger partial charge in [-0.2, -0.15) is 6.67 Å². The van der Waals surface area contributed by atoms with Gasteiger partial charge in [0.25, 0.3) is 0 Å². The molecule has 0 radical (unpaired) electrons. The first-order chi connectivity index (χ1) is 29.5. The normalized spacial score (nSPS) is 11.8. The SMILES string of the molecule is Cc1ccccc1N([CH-]NCN1[CH-]N(c2ccc(N(c3ccccc3)c3ccccc3)cc2O)c2ccccc21)c1ccc(N(c2ccccc2)c2ccccc2)cc1O.[Pt+2]. The van der Waals surface area contributed by atoms with E-state index in [-0.39, 0.29) is 32.6 Å². The largest absolute Gasteiger partial charge is 2.00 e. The van der Waals surface area contributed by atoms with Gasteiger partial charge in [0.15, 0.2) is 0 Å². The summed E-state index contributed by atoms with van der Waals surface area (Å²) >= 11 is 0. The Bertz CT molecular complexity index is 2610. The first-order valence-electron chi connectivity index (χ1n) is 19.9. The van der Waals surface area contributed by atoms with E-state index in [9.17, 15) is 10.2 Å². The molecule has 0 spiro atoms. The summed E-state index contributed by atoms with van der Waals surface area (Å²) < 4.78 is 0. The van der Waals surface area contributed by atoms with Crippen molar-refractivity contribution in [2.24, 2.45) is 0 Å². The summed E-state index contributed by atoms with van der Waals surface area (Å²) in [5.74, 6) is 0.284. The molecule has 9 heteroatoms. The van der Waals surface area contributed by atoms with E-state index in [1.54, 1.807) is 0 Å². The zero-order chi connectivity index (χ0) is 40.8. The van der Waals surface area contributed by atoms with Crippen molar-refractivity contribution in [1.82, 2.24) is 5.32 Å². The number of anilines is 11. The van der Waals surface area contributed by atoms with E-state index in [1.165, 1.54) is 0 Å². The second-order valence-electron chi connectivity index (χ2n) is 14.5. The summed E-state index contributed by atoms with van der Waals surface area (Å²) in [6.07, 6.45) is 0. The van der Waals surface area contributed by atoms with Crippen LogP contribution in [0.15, 0.2) is 206 Å².